The molecule has 2 unspecified atom stereocenters. The molecule has 2 atom stereocenters. The van der Waals surface area contributed by atoms with Gasteiger partial charge < -0.3 is 10.2 Å². The van der Waals surface area contributed by atoms with Gasteiger partial charge in [-0.2, -0.15) is 0 Å². The molecule has 0 heterocycles. The van der Waals surface area contributed by atoms with E-state index in [1.807, 2.05) is 27.7 Å². The molecule has 0 aromatic carbocycles. The quantitative estimate of drug-likeness (QED) is 0.631. The third kappa shape index (κ3) is 6.92. The van der Waals surface area contributed by atoms with Crippen LogP contribution < -0.4 is 0 Å². The van der Waals surface area contributed by atoms with E-state index in [4.69, 9.17) is 5.11 Å². The molecule has 2 N–H and O–H groups in total. The first-order chi connectivity index (χ1) is 9.02. The van der Waals surface area contributed by atoms with Crippen molar-refractivity contribution in [3.63, 3.8) is 0 Å². The predicted molar refractivity (Wildman–Crippen MR) is 79.7 cm³/mol. The van der Waals surface area contributed by atoms with Crippen molar-refractivity contribution >= 4 is 11.9 Å². The molecule has 0 aliphatic heterocycles. The summed E-state index contributed by atoms with van der Waals surface area (Å²) in [6, 6.07) is 0. The van der Waals surface area contributed by atoms with Crippen LogP contribution in [-0.2, 0) is 9.59 Å². The average Bonchev–Trinajstić information content (AvgIpc) is 2.23. The first-order valence-electron chi connectivity index (χ1n) is 7.47. The molecule has 0 rings (SSSR count). The van der Waals surface area contributed by atoms with Gasteiger partial charge in [0.2, 0.25) is 0 Å². The van der Waals surface area contributed by atoms with Gasteiger partial charge in [-0.25, -0.2) is 0 Å². The van der Waals surface area contributed by atoms with Crippen LogP contribution in [0.3, 0.4) is 0 Å². The molecule has 0 bridgehead atoms. The smallest absolute Gasteiger partial charge is 0.309 e. The normalized spacial score (nSPS) is 16.4. The molecule has 0 aliphatic rings. The molecule has 4 nitrogen and oxygen atoms in total. The number of unbranched alkanes of at least 4 members (excludes halogenated alkanes) is 1. The van der Waals surface area contributed by atoms with Crippen molar-refractivity contribution in [2.45, 2.75) is 73.1 Å². The Morgan fingerprint density at radius 1 is 1.15 bits per heavy atom. The number of aliphatic carboxylic acids is 2. The highest BCUT2D eigenvalue weighted by Crippen LogP contribution is 2.41. The van der Waals surface area contributed by atoms with Gasteiger partial charge in [-0.1, -0.05) is 40.5 Å². The van der Waals surface area contributed by atoms with Crippen LogP contribution in [0.4, 0.5) is 0 Å². The molecule has 0 radical (unpaired) electrons. The summed E-state index contributed by atoms with van der Waals surface area (Å²) in [6.07, 6.45) is 4.02. The van der Waals surface area contributed by atoms with Crippen molar-refractivity contribution in [2.75, 3.05) is 0 Å². The van der Waals surface area contributed by atoms with Crippen molar-refractivity contribution < 1.29 is 19.8 Å². The fourth-order valence-corrected chi connectivity index (χ4v) is 3.28. The van der Waals surface area contributed by atoms with Crippen LogP contribution in [0.25, 0.3) is 0 Å². The van der Waals surface area contributed by atoms with Gasteiger partial charge in [0.1, 0.15) is 0 Å². The Morgan fingerprint density at radius 3 is 2.10 bits per heavy atom. The molecule has 0 saturated carbocycles. The van der Waals surface area contributed by atoms with Gasteiger partial charge in [0.25, 0.3) is 0 Å². The standard InChI is InChI=1S/C16H30O4/c1-6-7-8-16(5,14(19)20)11-15(3,4)10-12(2)9-13(17)18/h12H,6-11H2,1-5H3,(H,17,18)(H,19,20). The molecular formula is C16H30O4. The third-order valence-corrected chi connectivity index (χ3v) is 3.89. The topological polar surface area (TPSA) is 74.6 Å². The second-order valence-electron chi connectivity index (χ2n) is 7.22. The average molecular weight is 286 g/mol. The summed E-state index contributed by atoms with van der Waals surface area (Å²) in [4.78, 5) is 22.3. The minimum Gasteiger partial charge on any atom is -0.481 e. The van der Waals surface area contributed by atoms with Gasteiger partial charge in [-0.05, 0) is 37.5 Å². The summed E-state index contributed by atoms with van der Waals surface area (Å²) in [6.45, 7) is 9.87. The zero-order valence-corrected chi connectivity index (χ0v) is 13.5. The number of rotatable bonds is 10. The minimum absolute atomic E-state index is 0.0618. The van der Waals surface area contributed by atoms with Crippen molar-refractivity contribution in [3.05, 3.63) is 0 Å². The lowest BCUT2D eigenvalue weighted by atomic mass is 9.68. The Hall–Kier alpha value is -1.06. The maximum Gasteiger partial charge on any atom is 0.309 e. The van der Waals surface area contributed by atoms with Crippen LogP contribution >= 0.6 is 0 Å². The summed E-state index contributed by atoms with van der Waals surface area (Å²) < 4.78 is 0. The van der Waals surface area contributed by atoms with Crippen molar-refractivity contribution in [1.82, 2.24) is 0 Å². The van der Waals surface area contributed by atoms with Gasteiger partial charge in [-0.3, -0.25) is 9.59 Å². The molecule has 118 valence electrons. The van der Waals surface area contributed by atoms with Crippen LogP contribution in [0.2, 0.25) is 0 Å². The summed E-state index contributed by atoms with van der Waals surface area (Å²) in [5.74, 6) is -1.48. The van der Waals surface area contributed by atoms with Crippen LogP contribution in [-0.4, -0.2) is 22.2 Å². The maximum absolute atomic E-state index is 11.6. The Labute approximate surface area is 122 Å². The molecule has 0 spiro atoms. The molecule has 0 aromatic heterocycles. The van der Waals surface area contributed by atoms with E-state index in [-0.39, 0.29) is 17.8 Å². The molecule has 0 saturated heterocycles. The molecule has 20 heavy (non-hydrogen) atoms. The van der Waals surface area contributed by atoms with Crippen LogP contribution in [0.1, 0.15) is 73.1 Å². The largest absolute Gasteiger partial charge is 0.481 e. The monoisotopic (exact) mass is 286 g/mol. The van der Waals surface area contributed by atoms with E-state index in [1.54, 1.807) is 0 Å². The molecular weight excluding hydrogens is 256 g/mol. The second-order valence-corrected chi connectivity index (χ2v) is 7.22. The van der Waals surface area contributed by atoms with E-state index in [2.05, 4.69) is 6.92 Å². The highest BCUT2D eigenvalue weighted by Gasteiger charge is 2.38. The molecule has 0 aromatic rings. The van der Waals surface area contributed by atoms with Gasteiger partial charge in [0.15, 0.2) is 0 Å². The summed E-state index contributed by atoms with van der Waals surface area (Å²) in [7, 11) is 0. The minimum atomic E-state index is -0.791. The van der Waals surface area contributed by atoms with Gasteiger partial charge in [0.05, 0.1) is 5.41 Å². The lowest BCUT2D eigenvalue weighted by Crippen LogP contribution is -2.34. The van der Waals surface area contributed by atoms with Crippen LogP contribution in [0.5, 0.6) is 0 Å². The Kier molecular flexibility index (Phi) is 7.25. The number of hydrogen-bond donors (Lipinski definition) is 2. The number of carboxylic acid groups (broad SMARTS) is 2. The highest BCUT2D eigenvalue weighted by molar-refractivity contribution is 5.74. The fourth-order valence-electron chi connectivity index (χ4n) is 3.28. The molecule has 0 amide bonds. The highest BCUT2D eigenvalue weighted by atomic mass is 16.4. The first-order valence-corrected chi connectivity index (χ1v) is 7.47. The lowest BCUT2D eigenvalue weighted by Gasteiger charge is -2.36. The fraction of sp³-hybridized carbons (Fsp3) is 0.875. The van der Waals surface area contributed by atoms with E-state index in [0.29, 0.717) is 12.8 Å². The van der Waals surface area contributed by atoms with E-state index < -0.39 is 17.4 Å². The van der Waals surface area contributed by atoms with Crippen molar-refractivity contribution in [1.29, 1.82) is 0 Å². The Morgan fingerprint density at radius 2 is 1.70 bits per heavy atom. The van der Waals surface area contributed by atoms with Crippen LogP contribution in [0, 0.1) is 16.7 Å². The number of hydrogen-bond acceptors (Lipinski definition) is 2. The Bertz CT molecular complexity index is 335. The summed E-state index contributed by atoms with van der Waals surface area (Å²) in [5.41, 5.74) is -0.891. The SMILES string of the molecule is CCCCC(C)(CC(C)(C)CC(C)CC(=O)O)C(=O)O. The van der Waals surface area contributed by atoms with Gasteiger partial charge in [0, 0.05) is 6.42 Å². The summed E-state index contributed by atoms with van der Waals surface area (Å²) in [5, 5.41) is 18.3. The lowest BCUT2D eigenvalue weighted by molar-refractivity contribution is -0.151. The molecule has 0 fully saturated rings. The predicted octanol–water partition coefficient (Wildman–Crippen LogP) is 4.18. The zero-order chi connectivity index (χ0) is 16.0. The van der Waals surface area contributed by atoms with Gasteiger partial charge in [-0.15, -0.1) is 0 Å². The van der Waals surface area contributed by atoms with E-state index in [0.717, 1.165) is 19.3 Å². The van der Waals surface area contributed by atoms with Gasteiger partial charge >= 0.3 is 11.9 Å². The maximum atomic E-state index is 11.6. The third-order valence-electron chi connectivity index (χ3n) is 3.89. The van der Waals surface area contributed by atoms with E-state index >= 15 is 0 Å². The van der Waals surface area contributed by atoms with Crippen molar-refractivity contribution in [3.8, 4) is 0 Å². The van der Waals surface area contributed by atoms with Crippen molar-refractivity contribution in [2.24, 2.45) is 16.7 Å². The first kappa shape index (κ1) is 18.9. The number of carboxylic acids is 2. The van der Waals surface area contributed by atoms with E-state index in [1.165, 1.54) is 0 Å². The molecule has 4 heteroatoms. The summed E-state index contributed by atoms with van der Waals surface area (Å²) >= 11 is 0. The molecule has 0 aliphatic carbocycles. The second kappa shape index (κ2) is 7.65. The van der Waals surface area contributed by atoms with E-state index in [9.17, 15) is 14.7 Å². The Balaban J connectivity index is 4.74. The zero-order valence-electron chi connectivity index (χ0n) is 13.5. The van der Waals surface area contributed by atoms with Crippen LogP contribution in [0.15, 0.2) is 0 Å². The number of carbonyl (C=O) groups is 2.